The highest BCUT2D eigenvalue weighted by Crippen LogP contribution is 2.28. The minimum atomic E-state index is -0.341. The minimum Gasteiger partial charge on any atom is -0.347 e. The van der Waals surface area contributed by atoms with Gasteiger partial charge in [0.1, 0.15) is 0 Å². The molecule has 124 valence electrons. The van der Waals surface area contributed by atoms with Crippen LogP contribution in [0.15, 0.2) is 24.3 Å². The molecule has 1 aliphatic rings. The van der Waals surface area contributed by atoms with Gasteiger partial charge in [-0.05, 0) is 50.2 Å². The van der Waals surface area contributed by atoms with Crippen LogP contribution >= 0.6 is 12.4 Å². The van der Waals surface area contributed by atoms with Crippen LogP contribution in [0.3, 0.4) is 0 Å². The van der Waals surface area contributed by atoms with Crippen LogP contribution in [0.25, 0.3) is 0 Å². The summed E-state index contributed by atoms with van der Waals surface area (Å²) in [4.78, 5) is 12.3. The molecule has 2 rings (SSSR count). The average molecular weight is 325 g/mol. The van der Waals surface area contributed by atoms with Gasteiger partial charge < -0.3 is 11.1 Å². The zero-order valence-corrected chi connectivity index (χ0v) is 14.7. The lowest BCUT2D eigenvalue weighted by atomic mass is 9.92. The van der Waals surface area contributed by atoms with Crippen LogP contribution in [0.5, 0.6) is 0 Å². The second kappa shape index (κ2) is 7.98. The van der Waals surface area contributed by atoms with Gasteiger partial charge in [-0.3, -0.25) is 4.79 Å². The molecule has 1 amide bonds. The normalized spacial score (nSPS) is 21.3. The maximum atomic E-state index is 12.3. The highest BCUT2D eigenvalue weighted by molar-refractivity contribution is 5.85. The van der Waals surface area contributed by atoms with Gasteiger partial charge in [0.2, 0.25) is 5.91 Å². The molecule has 0 aliphatic heterocycles. The molecule has 0 radical (unpaired) electrons. The Morgan fingerprint density at radius 3 is 2.41 bits per heavy atom. The molecule has 4 heteroatoms. The topological polar surface area (TPSA) is 55.1 Å². The van der Waals surface area contributed by atoms with Crippen molar-refractivity contribution in [3.8, 4) is 0 Å². The Balaban J connectivity index is 0.00000242. The number of nitrogens with two attached hydrogens (primary N) is 1. The van der Waals surface area contributed by atoms with E-state index in [4.69, 9.17) is 5.73 Å². The lowest BCUT2D eigenvalue weighted by Crippen LogP contribution is -2.42. The lowest BCUT2D eigenvalue weighted by Gasteiger charge is -2.28. The molecule has 1 saturated carbocycles. The average Bonchev–Trinajstić information content (AvgIpc) is 2.83. The Kier molecular flexibility index (Phi) is 6.89. The summed E-state index contributed by atoms with van der Waals surface area (Å²) >= 11 is 0. The lowest BCUT2D eigenvalue weighted by molar-refractivity contribution is -0.123. The van der Waals surface area contributed by atoms with E-state index in [0.717, 1.165) is 31.2 Å². The Hall–Kier alpha value is -1.06. The summed E-state index contributed by atoms with van der Waals surface area (Å²) in [5.74, 6) is 0.463. The molecule has 3 nitrogen and oxygen atoms in total. The van der Waals surface area contributed by atoms with Gasteiger partial charge in [0, 0.05) is 12.5 Å². The van der Waals surface area contributed by atoms with E-state index in [1.165, 1.54) is 5.56 Å². The largest absolute Gasteiger partial charge is 0.347 e. The summed E-state index contributed by atoms with van der Waals surface area (Å²) in [6.45, 7) is 6.26. The van der Waals surface area contributed by atoms with Gasteiger partial charge in [0.15, 0.2) is 0 Å². The van der Waals surface area contributed by atoms with Crippen LogP contribution < -0.4 is 11.1 Å². The first kappa shape index (κ1) is 19.0. The van der Waals surface area contributed by atoms with Crippen molar-refractivity contribution in [3.63, 3.8) is 0 Å². The summed E-state index contributed by atoms with van der Waals surface area (Å²) in [6.07, 6.45) is 4.88. The van der Waals surface area contributed by atoms with Crippen molar-refractivity contribution in [2.75, 3.05) is 0 Å². The van der Waals surface area contributed by atoms with Gasteiger partial charge in [0.25, 0.3) is 0 Å². The van der Waals surface area contributed by atoms with E-state index in [2.05, 4.69) is 50.4 Å². The molecule has 1 aromatic carbocycles. The fourth-order valence-electron chi connectivity index (χ4n) is 3.19. The molecule has 1 fully saturated rings. The van der Waals surface area contributed by atoms with Crippen molar-refractivity contribution in [3.05, 3.63) is 35.4 Å². The van der Waals surface area contributed by atoms with Gasteiger partial charge in [-0.25, -0.2) is 0 Å². The van der Waals surface area contributed by atoms with E-state index in [1.807, 2.05) is 0 Å². The predicted molar refractivity (Wildman–Crippen MR) is 94.2 cm³/mol. The number of hydrogen-bond donors (Lipinski definition) is 2. The Labute approximate surface area is 140 Å². The van der Waals surface area contributed by atoms with Crippen molar-refractivity contribution in [2.45, 2.75) is 64.5 Å². The summed E-state index contributed by atoms with van der Waals surface area (Å²) in [6, 6.07) is 8.69. The van der Waals surface area contributed by atoms with Crippen molar-refractivity contribution in [2.24, 2.45) is 11.7 Å². The second-order valence-electron chi connectivity index (χ2n) is 6.78. The maximum Gasteiger partial charge on any atom is 0.221 e. The van der Waals surface area contributed by atoms with Crippen LogP contribution in [0.2, 0.25) is 0 Å². The van der Waals surface area contributed by atoms with Gasteiger partial charge in [-0.15, -0.1) is 12.4 Å². The monoisotopic (exact) mass is 324 g/mol. The number of aryl methyl sites for hydroxylation is 1. The number of amides is 1. The van der Waals surface area contributed by atoms with E-state index in [0.29, 0.717) is 12.3 Å². The molecule has 22 heavy (non-hydrogen) atoms. The number of benzene rings is 1. The summed E-state index contributed by atoms with van der Waals surface area (Å²) in [5.41, 5.74) is 8.17. The molecular formula is C18H29ClN2O. The maximum absolute atomic E-state index is 12.3. The van der Waals surface area contributed by atoms with Crippen molar-refractivity contribution < 1.29 is 4.79 Å². The fraction of sp³-hybridized carbons (Fsp3) is 0.611. The zero-order valence-electron chi connectivity index (χ0n) is 13.9. The van der Waals surface area contributed by atoms with Crippen LogP contribution in [0.4, 0.5) is 0 Å². The first-order valence-electron chi connectivity index (χ1n) is 8.08. The molecule has 0 unspecified atom stereocenters. The molecule has 0 aromatic heterocycles. The smallest absolute Gasteiger partial charge is 0.221 e. The highest BCUT2D eigenvalue weighted by Gasteiger charge is 2.29. The predicted octanol–water partition coefficient (Wildman–Crippen LogP) is 3.54. The van der Waals surface area contributed by atoms with Crippen molar-refractivity contribution >= 4 is 18.3 Å². The fourth-order valence-corrected chi connectivity index (χ4v) is 3.19. The highest BCUT2D eigenvalue weighted by atomic mass is 35.5. The molecule has 0 heterocycles. The minimum absolute atomic E-state index is 0. The first-order valence-corrected chi connectivity index (χ1v) is 8.08. The van der Waals surface area contributed by atoms with Gasteiger partial charge >= 0.3 is 0 Å². The quantitative estimate of drug-likeness (QED) is 0.870. The number of halogens is 1. The third-order valence-corrected chi connectivity index (χ3v) is 4.70. The van der Waals surface area contributed by atoms with Crippen molar-refractivity contribution in [1.82, 2.24) is 5.32 Å². The second-order valence-corrected chi connectivity index (χ2v) is 6.78. The van der Waals surface area contributed by atoms with Crippen molar-refractivity contribution in [1.29, 1.82) is 0 Å². The molecule has 0 spiro atoms. The third kappa shape index (κ3) is 4.72. The number of carbonyl (C=O) groups is 1. The molecule has 2 atom stereocenters. The van der Waals surface area contributed by atoms with Gasteiger partial charge in [0.05, 0.1) is 5.54 Å². The van der Waals surface area contributed by atoms with E-state index in [1.54, 1.807) is 0 Å². The Morgan fingerprint density at radius 1 is 1.27 bits per heavy atom. The van der Waals surface area contributed by atoms with E-state index in [-0.39, 0.29) is 29.9 Å². The van der Waals surface area contributed by atoms with Crippen LogP contribution in [0, 0.1) is 5.92 Å². The standard InChI is InChI=1S/C18H28N2O.ClH/c1-4-13-8-10-15(11-9-13)18(2,3)20-17(21)12-14-6-5-7-16(14)19;/h8-11,14,16H,4-7,12,19H2,1-3H3,(H,20,21);1H/t14-,16+;/m0./s1. The summed E-state index contributed by atoms with van der Waals surface area (Å²) in [5, 5.41) is 3.16. The van der Waals surface area contributed by atoms with Crippen LogP contribution in [0.1, 0.15) is 57.6 Å². The van der Waals surface area contributed by atoms with E-state index >= 15 is 0 Å². The molecule has 0 saturated heterocycles. The number of nitrogens with one attached hydrogen (secondary N) is 1. The van der Waals surface area contributed by atoms with Gasteiger partial charge in [-0.1, -0.05) is 37.6 Å². The zero-order chi connectivity index (χ0) is 15.5. The molecule has 1 aromatic rings. The van der Waals surface area contributed by atoms with E-state index < -0.39 is 0 Å². The van der Waals surface area contributed by atoms with Crippen LogP contribution in [-0.4, -0.2) is 11.9 Å². The molecular weight excluding hydrogens is 296 g/mol. The summed E-state index contributed by atoms with van der Waals surface area (Å²) in [7, 11) is 0. The molecule has 3 N–H and O–H groups in total. The SMILES string of the molecule is CCc1ccc(C(C)(C)NC(=O)C[C@@H]2CCC[C@H]2N)cc1.Cl. The third-order valence-electron chi connectivity index (χ3n) is 4.70. The van der Waals surface area contributed by atoms with E-state index in [9.17, 15) is 4.79 Å². The number of carbonyl (C=O) groups excluding carboxylic acids is 1. The molecule has 1 aliphatic carbocycles. The number of rotatable bonds is 5. The Bertz CT molecular complexity index is 484. The molecule has 0 bridgehead atoms. The number of hydrogen-bond acceptors (Lipinski definition) is 2. The summed E-state index contributed by atoms with van der Waals surface area (Å²) < 4.78 is 0. The van der Waals surface area contributed by atoms with Gasteiger partial charge in [-0.2, -0.15) is 0 Å². The first-order chi connectivity index (χ1) is 9.92. The Morgan fingerprint density at radius 2 is 1.91 bits per heavy atom. The van der Waals surface area contributed by atoms with Crippen LogP contribution in [-0.2, 0) is 16.8 Å².